The van der Waals surface area contributed by atoms with Gasteiger partial charge in [-0.3, -0.25) is 9.59 Å². The first-order valence-electron chi connectivity index (χ1n) is 26.6. The molecule has 1 heterocycles. The summed E-state index contributed by atoms with van der Waals surface area (Å²) in [5.41, 5.74) is 0. The Morgan fingerprint density at radius 3 is 1.02 bits per heavy atom. The zero-order valence-corrected chi connectivity index (χ0v) is 39.9. The fourth-order valence-electron chi connectivity index (χ4n) is 9.39. The zero-order valence-electron chi connectivity index (χ0n) is 39.9. The van der Waals surface area contributed by atoms with Crippen LogP contribution in [0, 0.1) is 17.8 Å². The smallest absolute Gasteiger partial charge is 0.306 e. The summed E-state index contributed by atoms with van der Waals surface area (Å²) in [4.78, 5) is 27.7. The number of esters is 2. The average molecular weight is 818 g/mol. The van der Waals surface area contributed by atoms with Crippen LogP contribution in [0.5, 0.6) is 0 Å². The van der Waals surface area contributed by atoms with Gasteiger partial charge in [0.15, 0.2) is 0 Å². The summed E-state index contributed by atoms with van der Waals surface area (Å²) in [6.07, 6.45) is 49.0. The summed E-state index contributed by atoms with van der Waals surface area (Å²) in [7, 11) is 0. The molecule has 0 atom stereocenters. The van der Waals surface area contributed by atoms with Crippen LogP contribution in [0.1, 0.15) is 278 Å². The Kier molecular flexibility index (Phi) is 40.3. The summed E-state index contributed by atoms with van der Waals surface area (Å²) in [5.74, 6) is 2.06. The number of hydrogen-bond acceptors (Lipinski definition) is 5. The lowest BCUT2D eigenvalue weighted by molar-refractivity contribution is -0.146. The van der Waals surface area contributed by atoms with E-state index in [0.29, 0.717) is 37.9 Å². The van der Waals surface area contributed by atoms with Crippen LogP contribution in [0.15, 0.2) is 0 Å². The van der Waals surface area contributed by atoms with Crippen LogP contribution in [0.2, 0.25) is 0 Å². The van der Waals surface area contributed by atoms with Crippen LogP contribution in [-0.2, 0) is 19.1 Å². The summed E-state index contributed by atoms with van der Waals surface area (Å²) < 4.78 is 11.3. The molecule has 0 aromatic heterocycles. The van der Waals surface area contributed by atoms with Gasteiger partial charge in [0.25, 0.3) is 0 Å². The third-order valence-corrected chi connectivity index (χ3v) is 13.4. The molecule has 0 spiro atoms. The largest absolute Gasteiger partial charge is 0.466 e. The molecule has 0 aromatic rings. The topological polar surface area (TPSA) is 55.8 Å². The molecular formula is C53H103NO4. The molecule has 0 aromatic carbocycles. The van der Waals surface area contributed by atoms with Crippen molar-refractivity contribution < 1.29 is 19.1 Å². The molecule has 1 rings (SSSR count). The minimum Gasteiger partial charge on any atom is -0.466 e. The Morgan fingerprint density at radius 1 is 0.379 bits per heavy atom. The molecule has 0 aliphatic carbocycles. The Labute approximate surface area is 363 Å². The number of carbonyl (C=O) groups is 2. The van der Waals surface area contributed by atoms with E-state index >= 15 is 0 Å². The maximum absolute atomic E-state index is 12.5. The monoisotopic (exact) mass is 818 g/mol. The minimum atomic E-state index is 0.0462. The molecule has 58 heavy (non-hydrogen) atoms. The van der Waals surface area contributed by atoms with Crippen molar-refractivity contribution in [3.05, 3.63) is 0 Å². The molecular weight excluding hydrogens is 715 g/mol. The Balaban J connectivity index is 2.11. The van der Waals surface area contributed by atoms with Crippen molar-refractivity contribution in [1.29, 1.82) is 0 Å². The van der Waals surface area contributed by atoms with E-state index in [1.165, 1.54) is 244 Å². The highest BCUT2D eigenvalue weighted by atomic mass is 16.5. The maximum Gasteiger partial charge on any atom is 0.306 e. The number of rotatable bonds is 45. The number of ether oxygens (including phenoxy) is 2. The van der Waals surface area contributed by atoms with Crippen molar-refractivity contribution in [3.63, 3.8) is 0 Å². The molecule has 1 aliphatic rings. The van der Waals surface area contributed by atoms with Gasteiger partial charge in [-0.05, 0) is 95.2 Å². The molecule has 5 heteroatoms. The lowest BCUT2D eigenvalue weighted by Gasteiger charge is -2.21. The van der Waals surface area contributed by atoms with Gasteiger partial charge in [-0.2, -0.15) is 0 Å². The number of hydrogen-bond donors (Lipinski definition) is 0. The van der Waals surface area contributed by atoms with Gasteiger partial charge >= 0.3 is 11.9 Å². The Hall–Kier alpha value is -1.10. The van der Waals surface area contributed by atoms with Crippen LogP contribution in [-0.4, -0.2) is 49.7 Å². The molecule has 1 fully saturated rings. The molecule has 0 N–H and O–H groups in total. The lowest BCUT2D eigenvalue weighted by Crippen LogP contribution is -2.22. The second-order valence-corrected chi connectivity index (χ2v) is 19.0. The van der Waals surface area contributed by atoms with Crippen LogP contribution in [0.3, 0.4) is 0 Å². The number of unbranched alkanes of at least 4 members (excludes halogenated alkanes) is 22. The minimum absolute atomic E-state index is 0.0462. The van der Waals surface area contributed by atoms with Crippen molar-refractivity contribution in [3.8, 4) is 0 Å². The van der Waals surface area contributed by atoms with Gasteiger partial charge in [0.05, 0.1) is 13.2 Å². The van der Waals surface area contributed by atoms with E-state index in [0.717, 1.165) is 18.8 Å². The van der Waals surface area contributed by atoms with Crippen molar-refractivity contribution in [2.75, 3.05) is 32.8 Å². The van der Waals surface area contributed by atoms with E-state index in [1.54, 1.807) is 0 Å². The molecule has 5 nitrogen and oxygen atoms in total. The van der Waals surface area contributed by atoms with Crippen molar-refractivity contribution in [1.82, 2.24) is 4.90 Å². The first-order chi connectivity index (χ1) is 28.5. The summed E-state index contributed by atoms with van der Waals surface area (Å²) in [5, 5.41) is 0. The predicted octanol–water partition coefficient (Wildman–Crippen LogP) is 16.5. The zero-order chi connectivity index (χ0) is 42.0. The summed E-state index contributed by atoms with van der Waals surface area (Å²) >= 11 is 0. The van der Waals surface area contributed by atoms with Crippen molar-refractivity contribution in [2.24, 2.45) is 17.8 Å². The molecule has 1 aliphatic heterocycles. The highest BCUT2D eigenvalue weighted by Gasteiger charge is 2.17. The predicted molar refractivity (Wildman–Crippen MR) is 252 cm³/mol. The number of nitrogens with zero attached hydrogens (tertiary/aromatic N) is 1. The van der Waals surface area contributed by atoms with Crippen LogP contribution < -0.4 is 0 Å². The van der Waals surface area contributed by atoms with E-state index in [9.17, 15) is 9.59 Å². The van der Waals surface area contributed by atoms with E-state index < -0.39 is 0 Å². The molecule has 0 amide bonds. The highest BCUT2D eigenvalue weighted by Crippen LogP contribution is 2.25. The maximum atomic E-state index is 12.5. The fourth-order valence-corrected chi connectivity index (χ4v) is 9.39. The fraction of sp³-hybridized carbons (Fsp3) is 0.962. The van der Waals surface area contributed by atoms with Gasteiger partial charge in [-0.25, -0.2) is 0 Å². The summed E-state index contributed by atoms with van der Waals surface area (Å²) in [6.45, 7) is 14.2. The Morgan fingerprint density at radius 2 is 0.672 bits per heavy atom. The third-order valence-electron chi connectivity index (χ3n) is 13.4. The van der Waals surface area contributed by atoms with Crippen LogP contribution >= 0.6 is 0 Å². The van der Waals surface area contributed by atoms with Gasteiger partial charge < -0.3 is 14.4 Å². The normalized spacial score (nSPS) is 13.4. The van der Waals surface area contributed by atoms with Gasteiger partial charge in [-0.1, -0.05) is 207 Å². The van der Waals surface area contributed by atoms with Gasteiger partial charge in [-0.15, -0.1) is 0 Å². The SMILES string of the molecule is CCCCCC(CCCCC)CC(=O)OCCCCCCCCCCC(CCCCCCCCCCOC(=O)CC(CCCCC)CCCCC)CCN1CCCC1. The van der Waals surface area contributed by atoms with E-state index in [-0.39, 0.29) is 11.9 Å². The quantitative estimate of drug-likeness (QED) is 0.0453. The molecule has 0 unspecified atom stereocenters. The van der Waals surface area contributed by atoms with Crippen LogP contribution in [0.4, 0.5) is 0 Å². The first kappa shape index (κ1) is 54.9. The van der Waals surface area contributed by atoms with Gasteiger partial charge in [0.2, 0.25) is 0 Å². The average Bonchev–Trinajstić information content (AvgIpc) is 3.74. The second-order valence-electron chi connectivity index (χ2n) is 19.0. The first-order valence-corrected chi connectivity index (χ1v) is 26.6. The van der Waals surface area contributed by atoms with Crippen molar-refractivity contribution >= 4 is 11.9 Å². The third kappa shape index (κ3) is 35.6. The second kappa shape index (κ2) is 42.6. The van der Waals surface area contributed by atoms with Gasteiger partial charge in [0, 0.05) is 12.8 Å². The van der Waals surface area contributed by atoms with E-state index in [4.69, 9.17) is 9.47 Å². The number of likely N-dealkylation sites (tertiary alicyclic amines) is 1. The molecule has 0 saturated carbocycles. The van der Waals surface area contributed by atoms with E-state index in [2.05, 4.69) is 32.6 Å². The van der Waals surface area contributed by atoms with Gasteiger partial charge in [0.1, 0.15) is 0 Å². The molecule has 0 radical (unpaired) electrons. The Bertz CT molecular complexity index is 792. The lowest BCUT2D eigenvalue weighted by atomic mass is 9.91. The van der Waals surface area contributed by atoms with E-state index in [1.807, 2.05) is 0 Å². The molecule has 0 bridgehead atoms. The highest BCUT2D eigenvalue weighted by molar-refractivity contribution is 5.70. The standard InChI is InChI=1S/C53H103NO4/c1-5-9-25-37-50(38-26-10-6-2)47-52(55)57-45-33-23-19-15-13-17-21-29-35-49(41-44-54-42-31-32-43-54)36-30-22-18-14-16-20-24-34-46-58-53(56)48-51(39-27-11-7-3)40-28-12-8-4/h49-51H,5-48H2,1-4H3. The van der Waals surface area contributed by atoms with Crippen LogP contribution in [0.25, 0.3) is 0 Å². The van der Waals surface area contributed by atoms with Crippen molar-refractivity contribution in [2.45, 2.75) is 278 Å². The summed E-state index contributed by atoms with van der Waals surface area (Å²) in [6, 6.07) is 0. The number of carbonyl (C=O) groups excluding carboxylic acids is 2. The molecule has 1 saturated heterocycles. The molecule has 344 valence electrons.